The van der Waals surface area contributed by atoms with Crippen molar-refractivity contribution in [1.29, 1.82) is 0 Å². The Morgan fingerprint density at radius 1 is 1.00 bits per heavy atom. The highest BCUT2D eigenvalue weighted by Crippen LogP contribution is 2.24. The fourth-order valence-corrected chi connectivity index (χ4v) is 3.22. The van der Waals surface area contributed by atoms with E-state index in [0.717, 1.165) is 5.56 Å². The Bertz CT molecular complexity index is 869. The molecule has 0 unspecified atom stereocenters. The van der Waals surface area contributed by atoms with Gasteiger partial charge in [0.2, 0.25) is 0 Å². The second kappa shape index (κ2) is 5.95. The van der Waals surface area contributed by atoms with Crippen molar-refractivity contribution in [1.82, 2.24) is 5.43 Å². The molecule has 0 bridgehead atoms. The number of nitrogens with one attached hydrogen (secondary N) is 1. The van der Waals surface area contributed by atoms with E-state index in [1.54, 1.807) is 30.5 Å². The zero-order valence-electron chi connectivity index (χ0n) is 11.5. The number of nitrogens with zero attached hydrogens (tertiary/aromatic N) is 2. The third-order valence-corrected chi connectivity index (χ3v) is 4.39. The highest BCUT2D eigenvalue weighted by atomic mass is 32.2. The first kappa shape index (κ1) is 14.2. The van der Waals surface area contributed by atoms with E-state index in [9.17, 15) is 8.42 Å². The molecular formula is C16H13N3O2S. The lowest BCUT2D eigenvalue weighted by Gasteiger charge is -1.99. The van der Waals surface area contributed by atoms with Crippen molar-refractivity contribution in [2.24, 2.45) is 9.50 Å². The summed E-state index contributed by atoms with van der Waals surface area (Å²) in [4.78, 5) is 0.201. The molecule has 0 aliphatic carbocycles. The van der Waals surface area contributed by atoms with E-state index in [0.29, 0.717) is 5.56 Å². The smallest absolute Gasteiger partial charge is 0.260 e. The molecule has 1 aliphatic rings. The third kappa shape index (κ3) is 2.96. The third-order valence-electron chi connectivity index (χ3n) is 3.05. The quantitative estimate of drug-likeness (QED) is 0.699. The van der Waals surface area contributed by atoms with Crippen LogP contribution in [0, 0.1) is 0 Å². The molecule has 1 heterocycles. The van der Waals surface area contributed by atoms with E-state index >= 15 is 0 Å². The molecule has 0 spiro atoms. The van der Waals surface area contributed by atoms with Crippen LogP contribution < -0.4 is 5.43 Å². The lowest BCUT2D eigenvalue weighted by molar-refractivity contribution is 0.599. The SMILES string of the molecule is O=S1(=O)N=C(NN=CC=Cc2ccccc2)c2ccccc21. The minimum Gasteiger partial charge on any atom is -0.260 e. The number of fused-ring (bicyclic) bond motifs is 1. The van der Waals surface area contributed by atoms with Gasteiger partial charge in [0.1, 0.15) is 4.90 Å². The molecule has 0 aromatic heterocycles. The first-order valence-corrected chi connectivity index (χ1v) is 8.06. The van der Waals surface area contributed by atoms with Gasteiger partial charge >= 0.3 is 0 Å². The fourth-order valence-electron chi connectivity index (χ4n) is 2.05. The highest BCUT2D eigenvalue weighted by Gasteiger charge is 2.27. The van der Waals surface area contributed by atoms with E-state index in [-0.39, 0.29) is 10.7 Å². The van der Waals surface area contributed by atoms with E-state index in [4.69, 9.17) is 0 Å². The van der Waals surface area contributed by atoms with Gasteiger partial charge in [-0.2, -0.15) is 13.5 Å². The second-order valence-corrected chi connectivity index (χ2v) is 6.14. The Morgan fingerprint density at radius 2 is 1.73 bits per heavy atom. The lowest BCUT2D eigenvalue weighted by Crippen LogP contribution is -2.16. The van der Waals surface area contributed by atoms with E-state index in [1.165, 1.54) is 6.07 Å². The Balaban J connectivity index is 1.70. The minimum atomic E-state index is -3.61. The Kier molecular flexibility index (Phi) is 3.84. The highest BCUT2D eigenvalue weighted by molar-refractivity contribution is 7.90. The molecule has 110 valence electrons. The van der Waals surface area contributed by atoms with Gasteiger partial charge in [0.05, 0.1) is 0 Å². The van der Waals surface area contributed by atoms with Crippen LogP contribution in [0.15, 0.2) is 75.1 Å². The lowest BCUT2D eigenvalue weighted by atomic mass is 10.2. The zero-order chi connectivity index (χ0) is 15.4. The Labute approximate surface area is 128 Å². The Hall–Kier alpha value is -2.73. The van der Waals surface area contributed by atoms with Gasteiger partial charge in [0.25, 0.3) is 10.0 Å². The predicted octanol–water partition coefficient (Wildman–Crippen LogP) is 2.42. The van der Waals surface area contributed by atoms with Crippen LogP contribution in [-0.4, -0.2) is 20.5 Å². The summed E-state index contributed by atoms with van der Waals surface area (Å²) in [7, 11) is -3.61. The van der Waals surface area contributed by atoms with Crippen molar-refractivity contribution < 1.29 is 8.42 Å². The molecule has 0 saturated heterocycles. The molecule has 6 heteroatoms. The summed E-state index contributed by atoms with van der Waals surface area (Å²) in [5.74, 6) is 0.236. The fraction of sp³-hybridized carbons (Fsp3) is 0. The van der Waals surface area contributed by atoms with Crippen LogP contribution in [0.4, 0.5) is 0 Å². The standard InChI is InChI=1S/C16H13N3O2S/c20-22(21)15-11-5-4-10-14(15)16(19-22)18-17-12-6-9-13-7-2-1-3-8-13/h1-12H,(H,18,19). The maximum atomic E-state index is 11.8. The summed E-state index contributed by atoms with van der Waals surface area (Å²) in [6.07, 6.45) is 5.20. The molecule has 0 radical (unpaired) electrons. The van der Waals surface area contributed by atoms with Gasteiger partial charge < -0.3 is 0 Å². The molecule has 1 N–H and O–H groups in total. The summed E-state index contributed by atoms with van der Waals surface area (Å²) in [5, 5.41) is 3.98. The first-order valence-electron chi connectivity index (χ1n) is 6.62. The van der Waals surface area contributed by atoms with Crippen LogP contribution in [0.5, 0.6) is 0 Å². The van der Waals surface area contributed by atoms with Crippen LogP contribution >= 0.6 is 0 Å². The van der Waals surface area contributed by atoms with Crippen molar-refractivity contribution in [3.05, 3.63) is 71.8 Å². The van der Waals surface area contributed by atoms with Crippen LogP contribution in [0.3, 0.4) is 0 Å². The first-order chi connectivity index (χ1) is 10.7. The topological polar surface area (TPSA) is 70.9 Å². The van der Waals surface area contributed by atoms with Gasteiger partial charge in [-0.15, -0.1) is 4.40 Å². The molecule has 0 amide bonds. The largest absolute Gasteiger partial charge is 0.285 e. The van der Waals surface area contributed by atoms with Gasteiger partial charge in [-0.1, -0.05) is 48.5 Å². The van der Waals surface area contributed by atoms with Crippen LogP contribution in [0.1, 0.15) is 11.1 Å². The van der Waals surface area contributed by atoms with Crippen LogP contribution in [-0.2, 0) is 10.0 Å². The van der Waals surface area contributed by atoms with Crippen molar-refractivity contribution in [2.75, 3.05) is 0 Å². The molecule has 2 aromatic rings. The average molecular weight is 311 g/mol. The number of hydrazone groups is 1. The number of rotatable bonds is 3. The molecule has 0 saturated carbocycles. The van der Waals surface area contributed by atoms with E-state index in [1.807, 2.05) is 36.4 Å². The number of hydrogen-bond acceptors (Lipinski definition) is 4. The van der Waals surface area contributed by atoms with Gasteiger partial charge in [0, 0.05) is 11.8 Å². The van der Waals surface area contributed by atoms with E-state index in [2.05, 4.69) is 14.9 Å². The van der Waals surface area contributed by atoms with Gasteiger partial charge in [-0.25, -0.2) is 0 Å². The van der Waals surface area contributed by atoms with Crippen molar-refractivity contribution in [3.8, 4) is 0 Å². The van der Waals surface area contributed by atoms with Crippen molar-refractivity contribution in [3.63, 3.8) is 0 Å². The monoisotopic (exact) mass is 311 g/mol. The average Bonchev–Trinajstić information content (AvgIpc) is 2.80. The summed E-state index contributed by atoms with van der Waals surface area (Å²) in [5.41, 5.74) is 4.26. The Morgan fingerprint density at radius 3 is 2.55 bits per heavy atom. The summed E-state index contributed by atoms with van der Waals surface area (Å²) < 4.78 is 27.4. The zero-order valence-corrected chi connectivity index (χ0v) is 12.4. The summed E-state index contributed by atoms with van der Waals surface area (Å²) in [6.45, 7) is 0. The molecule has 0 fully saturated rings. The molecule has 3 rings (SSSR count). The number of allylic oxidation sites excluding steroid dienone is 1. The number of sulfonamides is 1. The maximum Gasteiger partial charge on any atom is 0.285 e. The summed E-state index contributed by atoms with van der Waals surface area (Å²) in [6, 6.07) is 16.4. The normalized spacial score (nSPS) is 15.9. The van der Waals surface area contributed by atoms with Crippen LogP contribution in [0.25, 0.3) is 6.08 Å². The van der Waals surface area contributed by atoms with Gasteiger partial charge in [0.15, 0.2) is 5.84 Å². The maximum absolute atomic E-state index is 11.8. The molecular weight excluding hydrogens is 298 g/mol. The number of amidine groups is 1. The predicted molar refractivity (Wildman–Crippen MR) is 87.3 cm³/mol. The number of hydrogen-bond donors (Lipinski definition) is 1. The number of benzene rings is 2. The molecule has 2 aromatic carbocycles. The van der Waals surface area contributed by atoms with Crippen molar-refractivity contribution >= 4 is 28.1 Å². The second-order valence-electron chi connectivity index (χ2n) is 4.57. The summed E-state index contributed by atoms with van der Waals surface area (Å²) >= 11 is 0. The van der Waals surface area contributed by atoms with E-state index < -0.39 is 10.0 Å². The molecule has 22 heavy (non-hydrogen) atoms. The van der Waals surface area contributed by atoms with Gasteiger partial charge in [-0.05, 0) is 23.8 Å². The minimum absolute atomic E-state index is 0.201. The molecule has 5 nitrogen and oxygen atoms in total. The van der Waals surface area contributed by atoms with Crippen LogP contribution in [0.2, 0.25) is 0 Å². The molecule has 1 aliphatic heterocycles. The van der Waals surface area contributed by atoms with Gasteiger partial charge in [-0.3, -0.25) is 5.43 Å². The molecule has 0 atom stereocenters. The van der Waals surface area contributed by atoms with Crippen molar-refractivity contribution in [2.45, 2.75) is 4.90 Å².